The van der Waals surface area contributed by atoms with Crippen LogP contribution in [0.1, 0.15) is 37.0 Å². The Labute approximate surface area is 140 Å². The van der Waals surface area contributed by atoms with Gasteiger partial charge < -0.3 is 9.64 Å². The number of unbranched alkanes of at least 4 members (excludes halogenated alkanes) is 1. The van der Waals surface area contributed by atoms with Crippen LogP contribution < -0.4 is 4.74 Å². The molecule has 0 aromatic heterocycles. The van der Waals surface area contributed by atoms with Gasteiger partial charge in [0, 0.05) is 23.4 Å². The molecule has 1 aliphatic rings. The van der Waals surface area contributed by atoms with Crippen molar-refractivity contribution in [3.05, 3.63) is 28.8 Å². The molecule has 1 fully saturated rings. The van der Waals surface area contributed by atoms with Crippen LogP contribution >= 0.6 is 23.4 Å². The number of carbonyl (C=O) groups is 1. The summed E-state index contributed by atoms with van der Waals surface area (Å²) in [6.07, 6.45) is 2.22. The molecule has 1 amide bonds. The van der Waals surface area contributed by atoms with Gasteiger partial charge in [-0.05, 0) is 24.6 Å². The molecule has 2 rings (SSSR count). The lowest BCUT2D eigenvalue weighted by molar-refractivity contribution is 0.0999. The van der Waals surface area contributed by atoms with Crippen LogP contribution in [0.3, 0.4) is 0 Å². The van der Waals surface area contributed by atoms with Crippen LogP contribution in [0.5, 0.6) is 5.75 Å². The lowest BCUT2D eigenvalue weighted by atomic mass is 10.2. The maximum absolute atomic E-state index is 12.5. The number of nitrogens with zero attached hydrogens (tertiary/aromatic N) is 2. The Kier molecular flexibility index (Phi) is 6.15. The van der Waals surface area contributed by atoms with Crippen LogP contribution in [-0.2, 0) is 0 Å². The Bertz CT molecular complexity index is 577. The zero-order valence-electron chi connectivity index (χ0n) is 13.1. The second kappa shape index (κ2) is 7.88. The number of aliphatic imine (C=N–C) groups is 1. The Morgan fingerprint density at radius 3 is 3.00 bits per heavy atom. The van der Waals surface area contributed by atoms with Gasteiger partial charge >= 0.3 is 0 Å². The van der Waals surface area contributed by atoms with E-state index in [-0.39, 0.29) is 5.91 Å². The van der Waals surface area contributed by atoms with Crippen molar-refractivity contribution in [1.82, 2.24) is 4.90 Å². The molecule has 1 aromatic rings. The molecule has 0 saturated carbocycles. The summed E-state index contributed by atoms with van der Waals surface area (Å²) in [6, 6.07) is 4.99. The lowest BCUT2D eigenvalue weighted by Gasteiger charge is -2.17. The third kappa shape index (κ3) is 4.17. The van der Waals surface area contributed by atoms with Gasteiger partial charge in [-0.1, -0.05) is 43.6 Å². The van der Waals surface area contributed by atoms with Crippen molar-refractivity contribution in [1.29, 1.82) is 0 Å². The topological polar surface area (TPSA) is 41.9 Å². The van der Waals surface area contributed by atoms with Gasteiger partial charge in [-0.15, -0.1) is 0 Å². The minimum Gasteiger partial charge on any atom is -0.496 e. The molecule has 0 N–H and O–H groups in total. The van der Waals surface area contributed by atoms with Crippen LogP contribution in [0, 0.1) is 0 Å². The smallest absolute Gasteiger partial charge is 0.283 e. The highest BCUT2D eigenvalue weighted by molar-refractivity contribution is 8.14. The van der Waals surface area contributed by atoms with E-state index < -0.39 is 0 Å². The van der Waals surface area contributed by atoms with Crippen molar-refractivity contribution in [3.8, 4) is 5.75 Å². The van der Waals surface area contributed by atoms with E-state index in [1.165, 1.54) is 7.11 Å². The van der Waals surface area contributed by atoms with Crippen LogP contribution in [0.2, 0.25) is 5.02 Å². The number of benzene rings is 1. The number of hydrogen-bond donors (Lipinski definition) is 0. The molecule has 1 unspecified atom stereocenters. The molecule has 1 saturated heterocycles. The third-order valence-corrected chi connectivity index (χ3v) is 4.77. The van der Waals surface area contributed by atoms with E-state index in [0.29, 0.717) is 21.6 Å². The van der Waals surface area contributed by atoms with Crippen molar-refractivity contribution in [2.45, 2.75) is 31.9 Å². The Hall–Kier alpha value is -1.20. The van der Waals surface area contributed by atoms with Crippen LogP contribution in [0.25, 0.3) is 0 Å². The molecule has 1 aromatic carbocycles. The molecule has 22 heavy (non-hydrogen) atoms. The number of amides is 1. The number of halogens is 1. The van der Waals surface area contributed by atoms with E-state index in [1.54, 1.807) is 30.0 Å². The average Bonchev–Trinajstić information content (AvgIpc) is 2.84. The predicted molar refractivity (Wildman–Crippen MR) is 93.3 cm³/mol. The maximum atomic E-state index is 12.5. The summed E-state index contributed by atoms with van der Waals surface area (Å²) in [7, 11) is 1.53. The number of ether oxygens (including phenoxy) is 1. The lowest BCUT2D eigenvalue weighted by Crippen LogP contribution is -2.27. The second-order valence-electron chi connectivity index (χ2n) is 5.27. The minimum atomic E-state index is -0.308. The van der Waals surface area contributed by atoms with Gasteiger partial charge in [0.1, 0.15) is 5.75 Å². The molecule has 1 atom stereocenters. The van der Waals surface area contributed by atoms with Crippen LogP contribution in [-0.4, -0.2) is 41.4 Å². The molecule has 1 heterocycles. The first kappa shape index (κ1) is 17.2. The minimum absolute atomic E-state index is 0.308. The van der Waals surface area contributed by atoms with E-state index in [2.05, 4.69) is 23.7 Å². The highest BCUT2D eigenvalue weighted by Gasteiger charge is 2.26. The number of methoxy groups -OCH3 is 1. The summed E-state index contributed by atoms with van der Waals surface area (Å²) >= 11 is 7.63. The van der Waals surface area contributed by atoms with Gasteiger partial charge in [0.25, 0.3) is 5.91 Å². The largest absolute Gasteiger partial charge is 0.496 e. The number of hydrogen-bond acceptors (Lipinski definition) is 3. The Balaban J connectivity index is 2.23. The third-order valence-electron chi connectivity index (χ3n) is 3.43. The predicted octanol–water partition coefficient (Wildman–Crippen LogP) is 4.08. The summed E-state index contributed by atoms with van der Waals surface area (Å²) in [5.41, 5.74) is 0.401. The van der Waals surface area contributed by atoms with Gasteiger partial charge in [0.2, 0.25) is 0 Å². The summed E-state index contributed by atoms with van der Waals surface area (Å²) in [5, 5.41) is 1.75. The van der Waals surface area contributed by atoms with Crippen molar-refractivity contribution in [3.63, 3.8) is 0 Å². The highest BCUT2D eigenvalue weighted by atomic mass is 35.5. The van der Waals surface area contributed by atoms with Crippen molar-refractivity contribution >= 4 is 34.4 Å². The summed E-state index contributed by atoms with van der Waals surface area (Å²) in [4.78, 5) is 19.0. The quantitative estimate of drug-likeness (QED) is 0.809. The van der Waals surface area contributed by atoms with Gasteiger partial charge in [-0.25, -0.2) is 0 Å². The zero-order chi connectivity index (χ0) is 16.1. The van der Waals surface area contributed by atoms with E-state index >= 15 is 0 Å². The van der Waals surface area contributed by atoms with E-state index in [9.17, 15) is 4.79 Å². The molecular weight excluding hydrogens is 320 g/mol. The molecule has 1 aliphatic heterocycles. The fourth-order valence-electron chi connectivity index (χ4n) is 2.31. The van der Waals surface area contributed by atoms with E-state index in [0.717, 1.165) is 31.1 Å². The maximum Gasteiger partial charge on any atom is 0.283 e. The zero-order valence-corrected chi connectivity index (χ0v) is 14.7. The molecule has 0 spiro atoms. The highest BCUT2D eigenvalue weighted by Crippen LogP contribution is 2.28. The first-order chi connectivity index (χ1) is 10.5. The molecule has 4 nitrogen and oxygen atoms in total. The Morgan fingerprint density at radius 1 is 1.55 bits per heavy atom. The first-order valence-electron chi connectivity index (χ1n) is 7.43. The number of thioether (sulfide) groups is 1. The van der Waals surface area contributed by atoms with Crippen molar-refractivity contribution in [2.24, 2.45) is 4.99 Å². The Morgan fingerprint density at radius 2 is 2.32 bits per heavy atom. The normalized spacial score (nSPS) is 19.7. The summed E-state index contributed by atoms with van der Waals surface area (Å²) < 4.78 is 5.23. The van der Waals surface area contributed by atoms with Gasteiger partial charge in [0.05, 0.1) is 12.7 Å². The summed E-state index contributed by atoms with van der Waals surface area (Å²) in [5.74, 6) is 0.187. The first-order valence-corrected chi connectivity index (χ1v) is 8.69. The fraction of sp³-hybridized carbons (Fsp3) is 0.500. The van der Waals surface area contributed by atoms with Crippen molar-refractivity contribution in [2.75, 3.05) is 20.2 Å². The van der Waals surface area contributed by atoms with Crippen molar-refractivity contribution < 1.29 is 9.53 Å². The molecule has 0 radical (unpaired) electrons. The molecule has 6 heteroatoms. The second-order valence-corrected chi connectivity index (χ2v) is 7.11. The fourth-order valence-corrected chi connectivity index (χ4v) is 3.54. The molecular formula is C16H21ClN2O2S. The SMILES string of the molecule is CCCCN1CC(C)S/C1=N\C(=O)c1cc(Cl)ccc1OC. The van der Waals surface area contributed by atoms with E-state index in [4.69, 9.17) is 16.3 Å². The standard InChI is InChI=1S/C16H21ClN2O2S/c1-4-5-8-19-10-11(2)22-16(19)18-15(20)13-9-12(17)6-7-14(13)21-3/h6-7,9,11H,4-5,8,10H2,1-3H3/b18-16-. The molecule has 0 bridgehead atoms. The molecule has 120 valence electrons. The van der Waals surface area contributed by atoms with E-state index in [1.807, 2.05) is 0 Å². The average molecular weight is 341 g/mol. The van der Waals surface area contributed by atoms with Crippen LogP contribution in [0.15, 0.2) is 23.2 Å². The summed E-state index contributed by atoms with van der Waals surface area (Å²) in [6.45, 7) is 6.18. The monoisotopic (exact) mass is 340 g/mol. The van der Waals surface area contributed by atoms with Gasteiger partial charge in [-0.3, -0.25) is 4.79 Å². The van der Waals surface area contributed by atoms with Crippen LogP contribution in [0.4, 0.5) is 0 Å². The number of amidine groups is 1. The van der Waals surface area contributed by atoms with Gasteiger partial charge in [0.15, 0.2) is 5.17 Å². The number of carbonyl (C=O) groups excluding carboxylic acids is 1. The van der Waals surface area contributed by atoms with Gasteiger partial charge in [-0.2, -0.15) is 4.99 Å². The number of rotatable bonds is 5. The molecule has 0 aliphatic carbocycles.